The molecule has 0 aromatic heterocycles. The Morgan fingerprint density at radius 1 is 1.40 bits per heavy atom. The minimum Gasteiger partial charge on any atom is -0.265 e. The van der Waals surface area contributed by atoms with E-state index in [1.807, 2.05) is 6.26 Å². The molecule has 0 amide bonds. The van der Waals surface area contributed by atoms with E-state index in [1.54, 1.807) is 11.8 Å². The number of unbranched alkanes of at least 4 members (excludes halogenated alkanes) is 2. The zero-order chi connectivity index (χ0) is 7.82. The highest BCUT2D eigenvalue weighted by Gasteiger charge is 1.95. The summed E-state index contributed by atoms with van der Waals surface area (Å²) in [6, 6.07) is 0. The predicted molar refractivity (Wildman–Crippen MR) is 44.1 cm³/mol. The SMILES string of the molecule is CSCCCCC[N+](=O)[O-]. The minimum atomic E-state index is -0.251. The Balaban J connectivity index is 2.84. The van der Waals surface area contributed by atoms with E-state index in [1.165, 1.54) is 0 Å². The third-order valence-electron chi connectivity index (χ3n) is 1.19. The molecule has 0 N–H and O–H groups in total. The van der Waals surface area contributed by atoms with E-state index in [9.17, 15) is 10.1 Å². The zero-order valence-corrected chi connectivity index (χ0v) is 7.02. The van der Waals surface area contributed by atoms with Gasteiger partial charge in [0.1, 0.15) is 0 Å². The molecule has 10 heavy (non-hydrogen) atoms. The molecule has 0 aromatic carbocycles. The van der Waals surface area contributed by atoms with Crippen LogP contribution in [0.25, 0.3) is 0 Å². The second-order valence-corrected chi connectivity index (χ2v) is 3.10. The van der Waals surface area contributed by atoms with Crippen molar-refractivity contribution in [1.29, 1.82) is 0 Å². The van der Waals surface area contributed by atoms with Crippen molar-refractivity contribution >= 4 is 11.8 Å². The number of nitrogens with zero attached hydrogens (tertiary/aromatic N) is 1. The molecule has 0 unspecified atom stereocenters. The Labute approximate surface area is 65.3 Å². The summed E-state index contributed by atoms with van der Waals surface area (Å²) in [7, 11) is 0. The molecule has 0 spiro atoms. The van der Waals surface area contributed by atoms with E-state index in [4.69, 9.17) is 0 Å². The summed E-state index contributed by atoms with van der Waals surface area (Å²) in [5.74, 6) is 1.12. The van der Waals surface area contributed by atoms with Gasteiger partial charge in [-0.25, -0.2) is 0 Å². The lowest BCUT2D eigenvalue weighted by Crippen LogP contribution is -1.99. The minimum absolute atomic E-state index is 0.133. The average Bonchev–Trinajstić information content (AvgIpc) is 1.87. The molecule has 60 valence electrons. The van der Waals surface area contributed by atoms with Gasteiger partial charge in [0, 0.05) is 11.3 Å². The molecule has 0 aliphatic rings. The molecule has 0 atom stereocenters. The van der Waals surface area contributed by atoms with Crippen molar-refractivity contribution in [2.24, 2.45) is 0 Å². The van der Waals surface area contributed by atoms with Crippen molar-refractivity contribution in [2.75, 3.05) is 18.6 Å². The smallest absolute Gasteiger partial charge is 0.203 e. The Bertz CT molecular complexity index is 97.7. The normalized spacial score (nSPS) is 9.70. The van der Waals surface area contributed by atoms with Crippen molar-refractivity contribution in [3.63, 3.8) is 0 Å². The van der Waals surface area contributed by atoms with E-state index >= 15 is 0 Å². The maximum absolute atomic E-state index is 9.83. The molecule has 0 radical (unpaired) electrons. The lowest BCUT2D eigenvalue weighted by atomic mass is 10.2. The highest BCUT2D eigenvalue weighted by molar-refractivity contribution is 7.98. The zero-order valence-electron chi connectivity index (χ0n) is 6.21. The number of nitro groups is 1. The van der Waals surface area contributed by atoms with Crippen molar-refractivity contribution in [2.45, 2.75) is 19.3 Å². The highest BCUT2D eigenvalue weighted by atomic mass is 32.2. The molecule has 0 saturated carbocycles. The van der Waals surface area contributed by atoms with Gasteiger partial charge in [-0.15, -0.1) is 0 Å². The van der Waals surface area contributed by atoms with E-state index in [0.29, 0.717) is 0 Å². The van der Waals surface area contributed by atoms with Gasteiger partial charge in [-0.1, -0.05) is 0 Å². The monoisotopic (exact) mass is 163 g/mol. The average molecular weight is 163 g/mol. The van der Waals surface area contributed by atoms with Crippen LogP contribution in [0.15, 0.2) is 0 Å². The Hall–Kier alpha value is -0.250. The van der Waals surface area contributed by atoms with Crippen LogP contribution in [0.1, 0.15) is 19.3 Å². The van der Waals surface area contributed by atoms with Gasteiger partial charge in [-0.3, -0.25) is 10.1 Å². The van der Waals surface area contributed by atoms with E-state index in [-0.39, 0.29) is 11.5 Å². The molecular formula is C6H13NO2S. The molecule has 0 aromatic rings. The second-order valence-electron chi connectivity index (χ2n) is 2.11. The van der Waals surface area contributed by atoms with Crippen molar-refractivity contribution in [3.05, 3.63) is 10.1 Å². The molecule has 0 aliphatic carbocycles. The summed E-state index contributed by atoms with van der Waals surface area (Å²) in [6.07, 6.45) is 4.87. The molecule has 0 saturated heterocycles. The number of hydrogen-bond acceptors (Lipinski definition) is 3. The van der Waals surface area contributed by atoms with Crippen LogP contribution in [-0.4, -0.2) is 23.5 Å². The predicted octanol–water partition coefficient (Wildman–Crippen LogP) is 1.80. The van der Waals surface area contributed by atoms with Gasteiger partial charge in [0.25, 0.3) is 0 Å². The Morgan fingerprint density at radius 2 is 2.10 bits per heavy atom. The first-order chi connectivity index (χ1) is 4.77. The fourth-order valence-corrected chi connectivity index (χ4v) is 1.16. The quantitative estimate of drug-likeness (QED) is 0.340. The first kappa shape index (κ1) is 9.75. The van der Waals surface area contributed by atoms with E-state index in [0.717, 1.165) is 25.0 Å². The van der Waals surface area contributed by atoms with Crippen LogP contribution in [0.4, 0.5) is 0 Å². The second kappa shape index (κ2) is 6.86. The van der Waals surface area contributed by atoms with Crippen LogP contribution in [-0.2, 0) is 0 Å². The van der Waals surface area contributed by atoms with E-state index in [2.05, 4.69) is 0 Å². The van der Waals surface area contributed by atoms with Crippen LogP contribution in [0.5, 0.6) is 0 Å². The first-order valence-electron chi connectivity index (χ1n) is 3.38. The number of rotatable bonds is 6. The summed E-state index contributed by atoms with van der Waals surface area (Å²) in [4.78, 5) is 9.58. The van der Waals surface area contributed by atoms with Gasteiger partial charge < -0.3 is 0 Å². The molecule has 4 heteroatoms. The summed E-state index contributed by atoms with van der Waals surface area (Å²) < 4.78 is 0. The molecular weight excluding hydrogens is 150 g/mol. The maximum atomic E-state index is 9.83. The Kier molecular flexibility index (Phi) is 6.69. The lowest BCUT2D eigenvalue weighted by molar-refractivity contribution is -0.480. The van der Waals surface area contributed by atoms with Crippen LogP contribution in [0.3, 0.4) is 0 Å². The summed E-state index contributed by atoms with van der Waals surface area (Å²) in [5.41, 5.74) is 0. The van der Waals surface area contributed by atoms with Crippen LogP contribution < -0.4 is 0 Å². The van der Waals surface area contributed by atoms with Crippen molar-refractivity contribution in [1.82, 2.24) is 0 Å². The number of thioether (sulfide) groups is 1. The summed E-state index contributed by atoms with van der Waals surface area (Å²) in [5, 5.41) is 9.83. The van der Waals surface area contributed by atoms with Gasteiger partial charge in [0.2, 0.25) is 6.54 Å². The Morgan fingerprint density at radius 3 is 2.60 bits per heavy atom. The van der Waals surface area contributed by atoms with Crippen LogP contribution in [0.2, 0.25) is 0 Å². The third-order valence-corrected chi connectivity index (χ3v) is 1.89. The summed E-state index contributed by atoms with van der Waals surface area (Å²) in [6.45, 7) is 0.133. The molecule has 3 nitrogen and oxygen atoms in total. The van der Waals surface area contributed by atoms with Crippen molar-refractivity contribution < 1.29 is 4.92 Å². The fraction of sp³-hybridized carbons (Fsp3) is 1.00. The molecule has 0 bridgehead atoms. The standard InChI is InChI=1S/C6H13NO2S/c1-10-6-4-2-3-5-7(8)9/h2-6H2,1H3. The fourth-order valence-electron chi connectivity index (χ4n) is 0.664. The third kappa shape index (κ3) is 7.75. The molecule has 0 aliphatic heterocycles. The highest BCUT2D eigenvalue weighted by Crippen LogP contribution is 2.01. The van der Waals surface area contributed by atoms with Gasteiger partial charge in [-0.05, 0) is 24.9 Å². The van der Waals surface area contributed by atoms with Gasteiger partial charge >= 0.3 is 0 Å². The van der Waals surface area contributed by atoms with Gasteiger partial charge in [0.05, 0.1) is 0 Å². The van der Waals surface area contributed by atoms with Gasteiger partial charge in [0.15, 0.2) is 0 Å². The lowest BCUT2D eigenvalue weighted by Gasteiger charge is -1.94. The largest absolute Gasteiger partial charge is 0.265 e. The maximum Gasteiger partial charge on any atom is 0.203 e. The summed E-state index contributed by atoms with van der Waals surface area (Å²) >= 11 is 1.79. The van der Waals surface area contributed by atoms with Gasteiger partial charge in [-0.2, -0.15) is 11.8 Å². The first-order valence-corrected chi connectivity index (χ1v) is 4.77. The topological polar surface area (TPSA) is 43.1 Å². The molecule has 0 rings (SSSR count). The van der Waals surface area contributed by atoms with Crippen molar-refractivity contribution in [3.8, 4) is 0 Å². The molecule has 0 heterocycles. The number of hydrogen-bond donors (Lipinski definition) is 0. The molecule has 0 fully saturated rings. The van der Waals surface area contributed by atoms with Crippen LogP contribution in [0, 0.1) is 10.1 Å². The van der Waals surface area contributed by atoms with Crippen LogP contribution >= 0.6 is 11.8 Å². The van der Waals surface area contributed by atoms with E-state index < -0.39 is 0 Å².